The first-order chi connectivity index (χ1) is 14.8. The lowest BCUT2D eigenvalue weighted by atomic mass is 9.89. The average Bonchev–Trinajstić information content (AvgIpc) is 3.38. The van der Waals surface area contributed by atoms with Gasteiger partial charge in [-0.15, -0.1) is 0 Å². The van der Waals surface area contributed by atoms with Crippen molar-refractivity contribution < 1.29 is 32.2 Å². The van der Waals surface area contributed by atoms with Crippen LogP contribution < -0.4 is 19.5 Å². The summed E-state index contributed by atoms with van der Waals surface area (Å²) in [5.74, 6) is 1.08. The quantitative estimate of drug-likeness (QED) is 0.676. The molecule has 0 bridgehead atoms. The van der Waals surface area contributed by atoms with Crippen LogP contribution >= 0.6 is 0 Å². The number of carbonyl (C=O) groups is 1. The van der Waals surface area contributed by atoms with Gasteiger partial charge in [0.15, 0.2) is 11.5 Å². The van der Waals surface area contributed by atoms with Crippen LogP contribution in [0.2, 0.25) is 0 Å². The SMILES string of the molecule is COc1cc([C@@H]2CC(=O)Nc3c2ncn3-c2cccc(C(F)(F)F)c2)cc2c1OCO2. The maximum Gasteiger partial charge on any atom is 0.416 e. The van der Waals surface area contributed by atoms with Crippen molar-refractivity contribution >= 4 is 11.7 Å². The molecule has 0 unspecified atom stereocenters. The highest BCUT2D eigenvalue weighted by molar-refractivity contribution is 5.94. The van der Waals surface area contributed by atoms with Gasteiger partial charge in [-0.25, -0.2) is 4.98 Å². The molecule has 2 aromatic carbocycles. The Hall–Kier alpha value is -3.69. The van der Waals surface area contributed by atoms with E-state index in [0.29, 0.717) is 28.8 Å². The van der Waals surface area contributed by atoms with Gasteiger partial charge in [-0.3, -0.25) is 9.36 Å². The molecule has 10 heteroatoms. The van der Waals surface area contributed by atoms with Crippen LogP contribution in [0, 0.1) is 0 Å². The Bertz CT molecular complexity index is 1190. The van der Waals surface area contributed by atoms with Crippen molar-refractivity contribution in [3.8, 4) is 22.9 Å². The number of hydrogen-bond donors (Lipinski definition) is 1. The Morgan fingerprint density at radius 1 is 1.23 bits per heavy atom. The van der Waals surface area contributed by atoms with Gasteiger partial charge in [0.05, 0.1) is 18.4 Å². The molecule has 1 atom stereocenters. The van der Waals surface area contributed by atoms with Gasteiger partial charge in [-0.2, -0.15) is 13.2 Å². The number of fused-ring (bicyclic) bond motifs is 2. The number of rotatable bonds is 3. The van der Waals surface area contributed by atoms with Crippen LogP contribution in [0.15, 0.2) is 42.7 Å². The van der Waals surface area contributed by atoms with Crippen molar-refractivity contribution in [3.63, 3.8) is 0 Å². The number of anilines is 1. The van der Waals surface area contributed by atoms with Crippen molar-refractivity contribution in [1.29, 1.82) is 0 Å². The molecule has 3 heterocycles. The number of ether oxygens (including phenoxy) is 3. The molecule has 0 spiro atoms. The number of aromatic nitrogens is 2. The minimum absolute atomic E-state index is 0.0652. The first-order valence-electron chi connectivity index (χ1n) is 9.37. The Balaban J connectivity index is 1.60. The maximum absolute atomic E-state index is 13.1. The number of nitrogens with one attached hydrogen (secondary N) is 1. The van der Waals surface area contributed by atoms with Gasteiger partial charge in [0.25, 0.3) is 0 Å². The minimum Gasteiger partial charge on any atom is -0.493 e. The summed E-state index contributed by atoms with van der Waals surface area (Å²) in [6.07, 6.45) is -2.95. The lowest BCUT2D eigenvalue weighted by Crippen LogP contribution is -2.25. The standard InChI is InChI=1S/C21H16F3N3O4/c1-29-15-5-11(6-16-19(15)31-10-30-16)14-8-17(28)26-20-18(14)25-9-27(20)13-4-2-3-12(7-13)21(22,23)24/h2-7,9,14H,8,10H2,1H3,(H,26,28)/t14-/m0/s1. The first-order valence-corrected chi connectivity index (χ1v) is 9.37. The average molecular weight is 431 g/mol. The third-order valence-corrected chi connectivity index (χ3v) is 5.31. The fourth-order valence-electron chi connectivity index (χ4n) is 3.86. The van der Waals surface area contributed by atoms with Crippen molar-refractivity contribution in [3.05, 3.63) is 59.5 Å². The number of carbonyl (C=O) groups excluding carboxylic acids is 1. The lowest BCUT2D eigenvalue weighted by Gasteiger charge is -2.24. The molecule has 1 aromatic heterocycles. The van der Waals surface area contributed by atoms with Crippen molar-refractivity contribution in [2.45, 2.75) is 18.5 Å². The number of imidazole rings is 1. The first kappa shape index (κ1) is 19.3. The van der Waals surface area contributed by atoms with Crippen LogP contribution in [0.25, 0.3) is 5.69 Å². The summed E-state index contributed by atoms with van der Waals surface area (Å²) in [5.41, 5.74) is 0.726. The predicted molar refractivity (Wildman–Crippen MR) is 103 cm³/mol. The fraction of sp³-hybridized carbons (Fsp3) is 0.238. The van der Waals surface area contributed by atoms with Crippen LogP contribution in [0.3, 0.4) is 0 Å². The molecule has 31 heavy (non-hydrogen) atoms. The molecular formula is C21H16F3N3O4. The maximum atomic E-state index is 13.1. The molecule has 0 radical (unpaired) electrons. The van der Waals surface area contributed by atoms with Crippen molar-refractivity contribution in [2.75, 3.05) is 19.2 Å². The fourth-order valence-corrected chi connectivity index (χ4v) is 3.86. The van der Waals surface area contributed by atoms with E-state index in [9.17, 15) is 18.0 Å². The zero-order chi connectivity index (χ0) is 21.8. The van der Waals surface area contributed by atoms with Crippen LogP contribution in [0.5, 0.6) is 17.2 Å². The number of nitrogens with zero attached hydrogens (tertiary/aromatic N) is 2. The van der Waals surface area contributed by atoms with Crippen LogP contribution in [-0.4, -0.2) is 29.4 Å². The molecule has 160 valence electrons. The van der Waals surface area contributed by atoms with E-state index in [0.717, 1.165) is 17.7 Å². The molecule has 1 N–H and O–H groups in total. The van der Waals surface area contributed by atoms with Gasteiger partial charge in [0, 0.05) is 18.0 Å². The molecule has 0 saturated carbocycles. The van der Waals surface area contributed by atoms with Crippen molar-refractivity contribution in [1.82, 2.24) is 9.55 Å². The summed E-state index contributed by atoms with van der Waals surface area (Å²) in [7, 11) is 1.50. The molecule has 5 rings (SSSR count). The van der Waals surface area contributed by atoms with E-state index in [1.807, 2.05) is 0 Å². The zero-order valence-corrected chi connectivity index (χ0v) is 16.2. The van der Waals surface area contributed by atoms with E-state index >= 15 is 0 Å². The Kier molecular flexibility index (Phi) is 4.31. The number of methoxy groups -OCH3 is 1. The lowest BCUT2D eigenvalue weighted by molar-refractivity contribution is -0.137. The highest BCUT2D eigenvalue weighted by atomic mass is 19.4. The highest BCUT2D eigenvalue weighted by Gasteiger charge is 2.34. The Morgan fingerprint density at radius 2 is 2.06 bits per heavy atom. The van der Waals surface area contributed by atoms with Gasteiger partial charge in [-0.1, -0.05) is 6.07 Å². The second-order valence-electron chi connectivity index (χ2n) is 7.16. The molecule has 2 aliphatic heterocycles. The van der Waals surface area contributed by atoms with Crippen LogP contribution in [0.4, 0.5) is 19.0 Å². The second kappa shape index (κ2) is 6.93. The smallest absolute Gasteiger partial charge is 0.416 e. The topological polar surface area (TPSA) is 74.6 Å². The predicted octanol–water partition coefficient (Wildman–Crippen LogP) is 4.10. The molecule has 1 amide bonds. The highest BCUT2D eigenvalue weighted by Crippen LogP contribution is 2.46. The van der Waals surface area contributed by atoms with Gasteiger partial charge >= 0.3 is 6.18 Å². The third kappa shape index (κ3) is 3.24. The molecule has 0 saturated heterocycles. The summed E-state index contributed by atoms with van der Waals surface area (Å²) in [6.45, 7) is 0.0652. The Labute approximate surface area is 174 Å². The normalized spacial score (nSPS) is 17.3. The van der Waals surface area contributed by atoms with E-state index in [2.05, 4.69) is 10.3 Å². The van der Waals surface area contributed by atoms with Gasteiger partial charge in [0.1, 0.15) is 12.1 Å². The van der Waals surface area contributed by atoms with Crippen LogP contribution in [0.1, 0.15) is 29.2 Å². The van der Waals surface area contributed by atoms with Gasteiger partial charge in [0.2, 0.25) is 18.4 Å². The van der Waals surface area contributed by atoms with Gasteiger partial charge < -0.3 is 19.5 Å². The molecular weight excluding hydrogens is 415 g/mol. The Morgan fingerprint density at radius 3 is 2.84 bits per heavy atom. The number of benzene rings is 2. The molecule has 0 aliphatic carbocycles. The van der Waals surface area contributed by atoms with E-state index < -0.39 is 17.7 Å². The van der Waals surface area contributed by atoms with E-state index in [1.54, 1.807) is 12.1 Å². The number of alkyl halides is 3. The van der Waals surface area contributed by atoms with Gasteiger partial charge in [-0.05, 0) is 35.9 Å². The summed E-state index contributed by atoms with van der Waals surface area (Å²) >= 11 is 0. The minimum atomic E-state index is -4.48. The van der Waals surface area contributed by atoms with E-state index in [1.165, 1.54) is 30.1 Å². The van der Waals surface area contributed by atoms with E-state index in [4.69, 9.17) is 14.2 Å². The van der Waals surface area contributed by atoms with Crippen molar-refractivity contribution in [2.24, 2.45) is 0 Å². The third-order valence-electron chi connectivity index (χ3n) is 5.31. The summed E-state index contributed by atoms with van der Waals surface area (Å²) in [5, 5.41) is 2.74. The monoisotopic (exact) mass is 431 g/mol. The number of amides is 1. The summed E-state index contributed by atoms with van der Waals surface area (Å²) in [6, 6.07) is 8.37. The molecule has 0 fully saturated rings. The number of halogens is 3. The second-order valence-corrected chi connectivity index (χ2v) is 7.16. The zero-order valence-electron chi connectivity index (χ0n) is 16.2. The summed E-state index contributed by atoms with van der Waals surface area (Å²) in [4.78, 5) is 16.9. The molecule has 7 nitrogen and oxygen atoms in total. The largest absolute Gasteiger partial charge is 0.493 e. The molecule has 2 aliphatic rings. The van der Waals surface area contributed by atoms with E-state index in [-0.39, 0.29) is 24.8 Å². The summed E-state index contributed by atoms with van der Waals surface area (Å²) < 4.78 is 57.2. The number of hydrogen-bond acceptors (Lipinski definition) is 5. The molecule has 3 aromatic rings. The van der Waals surface area contributed by atoms with Crippen LogP contribution in [-0.2, 0) is 11.0 Å².